The lowest BCUT2D eigenvalue weighted by atomic mass is 10.0. The molecule has 0 spiro atoms. The average Bonchev–Trinajstić information content (AvgIpc) is 3.09. The second-order valence-electron chi connectivity index (χ2n) is 6.38. The Morgan fingerprint density at radius 1 is 1.25 bits per heavy atom. The number of benzene rings is 1. The van der Waals surface area contributed by atoms with E-state index in [4.69, 9.17) is 5.73 Å². The zero-order valence-electron chi connectivity index (χ0n) is 12.5. The number of nitrogens with zero attached hydrogens (tertiary/aromatic N) is 1. The van der Waals surface area contributed by atoms with Crippen molar-refractivity contribution in [2.45, 2.75) is 58.0 Å². The second-order valence-corrected chi connectivity index (χ2v) is 6.38. The molecule has 1 atom stereocenters. The molecule has 3 rings (SSSR count). The van der Waals surface area contributed by atoms with Gasteiger partial charge in [0.05, 0.1) is 0 Å². The van der Waals surface area contributed by atoms with Crippen LogP contribution in [0.5, 0.6) is 0 Å². The van der Waals surface area contributed by atoms with Crippen molar-refractivity contribution in [1.82, 2.24) is 4.57 Å². The van der Waals surface area contributed by atoms with Gasteiger partial charge in [0, 0.05) is 24.3 Å². The van der Waals surface area contributed by atoms with Crippen LogP contribution in [0.4, 0.5) is 0 Å². The molecule has 1 aromatic heterocycles. The van der Waals surface area contributed by atoms with E-state index in [0.29, 0.717) is 0 Å². The Labute approximate surface area is 122 Å². The Kier molecular flexibility index (Phi) is 4.11. The molecule has 0 aliphatic heterocycles. The summed E-state index contributed by atoms with van der Waals surface area (Å²) in [7, 11) is 0. The van der Waals surface area contributed by atoms with E-state index < -0.39 is 0 Å². The van der Waals surface area contributed by atoms with Crippen molar-refractivity contribution >= 4 is 10.9 Å². The van der Waals surface area contributed by atoms with Crippen LogP contribution in [0.1, 0.15) is 44.6 Å². The summed E-state index contributed by atoms with van der Waals surface area (Å²) in [5.41, 5.74) is 8.80. The molecule has 1 fully saturated rings. The summed E-state index contributed by atoms with van der Waals surface area (Å²) < 4.78 is 2.44. The Morgan fingerprint density at radius 2 is 2.05 bits per heavy atom. The largest absolute Gasteiger partial charge is 0.347 e. The van der Waals surface area contributed by atoms with E-state index in [1.54, 1.807) is 0 Å². The third-order valence-corrected chi connectivity index (χ3v) is 4.79. The summed E-state index contributed by atoms with van der Waals surface area (Å²) in [6.07, 6.45) is 9.94. The third-order valence-electron chi connectivity index (χ3n) is 4.79. The van der Waals surface area contributed by atoms with E-state index in [9.17, 15) is 0 Å². The molecule has 0 radical (unpaired) electrons. The molecule has 1 unspecified atom stereocenters. The van der Waals surface area contributed by atoms with Gasteiger partial charge in [0.15, 0.2) is 0 Å². The Bertz CT molecular complexity index is 564. The summed E-state index contributed by atoms with van der Waals surface area (Å²) in [6, 6.07) is 9.39. The fraction of sp³-hybridized carbons (Fsp3) is 0.556. The van der Waals surface area contributed by atoms with Gasteiger partial charge in [-0.25, -0.2) is 0 Å². The lowest BCUT2D eigenvalue weighted by molar-refractivity contribution is 0.466. The highest BCUT2D eigenvalue weighted by atomic mass is 15.0. The first-order chi connectivity index (χ1) is 9.76. The minimum atomic E-state index is 0.285. The van der Waals surface area contributed by atoms with Gasteiger partial charge < -0.3 is 10.3 Å². The molecule has 1 aliphatic carbocycles. The summed E-state index contributed by atoms with van der Waals surface area (Å²) >= 11 is 0. The van der Waals surface area contributed by atoms with Crippen LogP contribution in [0.25, 0.3) is 10.9 Å². The number of rotatable bonds is 5. The lowest BCUT2D eigenvalue weighted by Gasteiger charge is -2.12. The Morgan fingerprint density at radius 3 is 2.80 bits per heavy atom. The van der Waals surface area contributed by atoms with E-state index in [2.05, 4.69) is 42.0 Å². The highest BCUT2D eigenvalue weighted by Crippen LogP contribution is 2.28. The van der Waals surface area contributed by atoms with Crippen molar-refractivity contribution in [3.8, 4) is 0 Å². The summed E-state index contributed by atoms with van der Waals surface area (Å²) in [6.45, 7) is 3.35. The molecule has 2 aromatic rings. The molecule has 0 amide bonds. The van der Waals surface area contributed by atoms with Crippen LogP contribution in [0.2, 0.25) is 0 Å². The Hall–Kier alpha value is -1.28. The summed E-state index contributed by atoms with van der Waals surface area (Å²) in [4.78, 5) is 0. The van der Waals surface area contributed by atoms with Gasteiger partial charge in [-0.3, -0.25) is 0 Å². The van der Waals surface area contributed by atoms with Crippen LogP contribution in [-0.2, 0) is 13.0 Å². The third kappa shape index (κ3) is 2.90. The molecule has 2 N–H and O–H groups in total. The molecule has 1 aliphatic rings. The van der Waals surface area contributed by atoms with E-state index in [1.807, 2.05) is 0 Å². The maximum Gasteiger partial charge on any atom is 0.0480 e. The topological polar surface area (TPSA) is 30.9 Å². The van der Waals surface area contributed by atoms with Gasteiger partial charge in [-0.05, 0) is 60.7 Å². The predicted octanol–water partition coefficient (Wildman–Crippen LogP) is 4.11. The molecule has 1 aromatic carbocycles. The maximum absolute atomic E-state index is 6.06. The minimum Gasteiger partial charge on any atom is -0.347 e. The van der Waals surface area contributed by atoms with Crippen LogP contribution in [0, 0.1) is 5.92 Å². The van der Waals surface area contributed by atoms with Crippen molar-refractivity contribution in [3.63, 3.8) is 0 Å². The molecule has 1 heterocycles. The fourth-order valence-electron chi connectivity index (χ4n) is 3.45. The average molecular weight is 270 g/mol. The van der Waals surface area contributed by atoms with Gasteiger partial charge >= 0.3 is 0 Å². The van der Waals surface area contributed by atoms with Gasteiger partial charge in [0.25, 0.3) is 0 Å². The second kappa shape index (κ2) is 6.01. The molecule has 20 heavy (non-hydrogen) atoms. The van der Waals surface area contributed by atoms with Crippen LogP contribution in [0.15, 0.2) is 30.5 Å². The fourth-order valence-corrected chi connectivity index (χ4v) is 3.45. The molecule has 0 saturated heterocycles. The van der Waals surface area contributed by atoms with E-state index in [0.717, 1.165) is 18.8 Å². The van der Waals surface area contributed by atoms with Gasteiger partial charge in [-0.2, -0.15) is 0 Å². The highest BCUT2D eigenvalue weighted by molar-refractivity contribution is 5.80. The number of aromatic nitrogens is 1. The van der Waals surface area contributed by atoms with E-state index >= 15 is 0 Å². The molecule has 108 valence electrons. The molecule has 2 heteroatoms. The lowest BCUT2D eigenvalue weighted by Crippen LogP contribution is -2.21. The normalized spacial score (nSPS) is 17.9. The smallest absolute Gasteiger partial charge is 0.0480 e. The maximum atomic E-state index is 6.06. The van der Waals surface area contributed by atoms with Crippen LogP contribution >= 0.6 is 0 Å². The van der Waals surface area contributed by atoms with Crippen LogP contribution < -0.4 is 5.73 Å². The summed E-state index contributed by atoms with van der Waals surface area (Å²) in [5.74, 6) is 0.888. The number of nitrogens with two attached hydrogens (primary N) is 1. The molecular formula is C18H26N2. The van der Waals surface area contributed by atoms with Crippen molar-refractivity contribution < 1.29 is 0 Å². The molecule has 1 saturated carbocycles. The zero-order valence-corrected chi connectivity index (χ0v) is 12.5. The number of hydrogen-bond acceptors (Lipinski definition) is 1. The van der Waals surface area contributed by atoms with E-state index in [1.165, 1.54) is 48.7 Å². The van der Waals surface area contributed by atoms with Crippen LogP contribution in [0.3, 0.4) is 0 Å². The van der Waals surface area contributed by atoms with Gasteiger partial charge in [-0.15, -0.1) is 0 Å². The zero-order chi connectivity index (χ0) is 13.9. The first kappa shape index (κ1) is 13.7. The SMILES string of the molecule is CCC(N)Cc1ccc2c(ccn2CC2CCCC2)c1. The van der Waals surface area contributed by atoms with E-state index in [-0.39, 0.29) is 6.04 Å². The number of hydrogen-bond donors (Lipinski definition) is 1. The molecular weight excluding hydrogens is 244 g/mol. The summed E-state index contributed by atoms with van der Waals surface area (Å²) in [5, 5.41) is 1.36. The quantitative estimate of drug-likeness (QED) is 0.871. The van der Waals surface area contributed by atoms with Crippen LogP contribution in [-0.4, -0.2) is 10.6 Å². The van der Waals surface area contributed by atoms with Gasteiger partial charge in [0.1, 0.15) is 0 Å². The molecule has 2 nitrogen and oxygen atoms in total. The first-order valence-corrected chi connectivity index (χ1v) is 8.09. The minimum absolute atomic E-state index is 0.285. The van der Waals surface area contributed by atoms with Crippen molar-refractivity contribution in [1.29, 1.82) is 0 Å². The highest BCUT2D eigenvalue weighted by Gasteiger charge is 2.16. The molecule has 0 bridgehead atoms. The van der Waals surface area contributed by atoms with Crippen molar-refractivity contribution in [3.05, 3.63) is 36.0 Å². The monoisotopic (exact) mass is 270 g/mol. The Balaban J connectivity index is 1.78. The number of fused-ring (bicyclic) bond motifs is 1. The standard InChI is InChI=1S/C18H26N2/c1-2-17(19)12-15-7-8-18-16(11-15)9-10-20(18)13-14-5-3-4-6-14/h7-11,14,17H,2-6,12-13,19H2,1H3. The predicted molar refractivity (Wildman–Crippen MR) is 85.9 cm³/mol. The first-order valence-electron chi connectivity index (χ1n) is 8.09. The van der Waals surface area contributed by atoms with Gasteiger partial charge in [-0.1, -0.05) is 25.8 Å². The van der Waals surface area contributed by atoms with Gasteiger partial charge in [0.2, 0.25) is 0 Å². The van der Waals surface area contributed by atoms with Crippen molar-refractivity contribution in [2.75, 3.05) is 0 Å². The van der Waals surface area contributed by atoms with Crippen molar-refractivity contribution in [2.24, 2.45) is 11.7 Å².